The Hall–Kier alpha value is -1.57. The van der Waals surface area contributed by atoms with Gasteiger partial charge < -0.3 is 0 Å². The molecule has 0 fully saturated rings. The Morgan fingerprint density at radius 2 is 1.65 bits per heavy atom. The molecule has 0 saturated carbocycles. The van der Waals surface area contributed by atoms with Gasteiger partial charge in [-0.2, -0.15) is 0 Å². The van der Waals surface area contributed by atoms with Crippen LogP contribution >= 0.6 is 0 Å². The zero-order valence-electron chi connectivity index (χ0n) is 15.0. The van der Waals surface area contributed by atoms with E-state index in [0.29, 0.717) is 0 Å². The predicted octanol–water partition coefficient (Wildman–Crippen LogP) is 4.94. The van der Waals surface area contributed by atoms with Crippen LogP contribution in [0.15, 0.2) is 42.7 Å². The van der Waals surface area contributed by atoms with E-state index in [1.54, 1.807) is 0 Å². The molecule has 0 aliphatic rings. The molecule has 0 saturated heterocycles. The van der Waals surface area contributed by atoms with Crippen molar-refractivity contribution < 1.29 is 4.57 Å². The molecular formula is C21H33N2+. The van der Waals surface area contributed by atoms with Gasteiger partial charge in [0.1, 0.15) is 12.4 Å². The largest absolute Gasteiger partial charge is 0.256 e. The van der Waals surface area contributed by atoms with Crippen molar-refractivity contribution in [2.24, 2.45) is 0 Å². The first-order chi connectivity index (χ1) is 11.3. The highest BCUT2D eigenvalue weighted by atomic mass is 15.1. The minimum absolute atomic E-state index is 1.13. The van der Waals surface area contributed by atoms with Gasteiger partial charge in [-0.25, -0.2) is 9.13 Å². The molecule has 1 aromatic heterocycles. The summed E-state index contributed by atoms with van der Waals surface area (Å²) in [6, 6.07) is 10.8. The topological polar surface area (TPSA) is 8.81 Å². The monoisotopic (exact) mass is 313 g/mol. The van der Waals surface area contributed by atoms with Gasteiger partial charge in [-0.1, -0.05) is 57.0 Å². The summed E-state index contributed by atoms with van der Waals surface area (Å²) < 4.78 is 4.98. The molecule has 0 radical (unpaired) electrons. The molecule has 0 aliphatic carbocycles. The second-order valence-electron chi connectivity index (χ2n) is 6.50. The fraction of sp³-hybridized carbons (Fsp3) is 0.571. The summed E-state index contributed by atoms with van der Waals surface area (Å²) in [5.41, 5.74) is 1.45. The third kappa shape index (κ3) is 5.85. The molecule has 0 amide bonds. The lowest BCUT2D eigenvalue weighted by molar-refractivity contribution is -0.704. The smallest absolute Gasteiger partial charge is 0.234 e. The molecule has 2 rings (SSSR count). The van der Waals surface area contributed by atoms with E-state index < -0.39 is 0 Å². The maximum atomic E-state index is 2.49. The molecule has 0 aliphatic heterocycles. The minimum Gasteiger partial charge on any atom is -0.234 e. The Balaban J connectivity index is 1.93. The van der Waals surface area contributed by atoms with Gasteiger partial charge >= 0.3 is 0 Å². The summed E-state index contributed by atoms with van der Waals surface area (Å²) in [6.07, 6.45) is 14.7. The van der Waals surface area contributed by atoms with Gasteiger partial charge in [0.2, 0.25) is 0 Å². The number of imidazole rings is 1. The number of unbranched alkanes of at least 4 members (excludes halogenated alkanes) is 3. The van der Waals surface area contributed by atoms with E-state index in [1.165, 1.54) is 69.3 Å². The molecule has 126 valence electrons. The minimum atomic E-state index is 1.13. The average Bonchev–Trinajstić information content (AvgIpc) is 2.96. The highest BCUT2D eigenvalue weighted by molar-refractivity contribution is 5.14. The van der Waals surface area contributed by atoms with Crippen LogP contribution in [0.2, 0.25) is 0 Å². The standard InChI is InChI=1S/C21H33N2/c1-3-5-10-16-22-18-19-23(21(22)15-6-4-2)17-11-14-20-12-8-7-9-13-20/h7-9,12-13,18-19H,3-6,10-11,14-17H2,1-2H3/q+1. The van der Waals surface area contributed by atoms with Crippen molar-refractivity contribution in [3.05, 3.63) is 54.1 Å². The summed E-state index contributed by atoms with van der Waals surface area (Å²) >= 11 is 0. The third-order valence-electron chi connectivity index (χ3n) is 4.55. The highest BCUT2D eigenvalue weighted by Crippen LogP contribution is 2.07. The van der Waals surface area contributed by atoms with Crippen LogP contribution in [-0.4, -0.2) is 4.57 Å². The summed E-state index contributed by atoms with van der Waals surface area (Å²) in [5.74, 6) is 1.52. The number of aromatic nitrogens is 2. The molecule has 2 heteroatoms. The summed E-state index contributed by atoms with van der Waals surface area (Å²) in [6.45, 7) is 6.87. The van der Waals surface area contributed by atoms with Crippen molar-refractivity contribution in [3.63, 3.8) is 0 Å². The summed E-state index contributed by atoms with van der Waals surface area (Å²) in [7, 11) is 0. The predicted molar refractivity (Wildman–Crippen MR) is 97.5 cm³/mol. The maximum absolute atomic E-state index is 2.49. The number of aryl methyl sites for hydroxylation is 3. The number of rotatable bonds is 11. The average molecular weight is 314 g/mol. The molecule has 0 unspecified atom stereocenters. The van der Waals surface area contributed by atoms with Crippen LogP contribution in [-0.2, 0) is 25.9 Å². The lowest BCUT2D eigenvalue weighted by atomic mass is 10.1. The van der Waals surface area contributed by atoms with Gasteiger partial charge in [-0.05, 0) is 37.7 Å². The molecule has 2 aromatic rings. The third-order valence-corrected chi connectivity index (χ3v) is 4.55. The number of hydrogen-bond donors (Lipinski definition) is 0. The van der Waals surface area contributed by atoms with E-state index in [0.717, 1.165) is 6.54 Å². The molecule has 0 bridgehead atoms. The van der Waals surface area contributed by atoms with Crippen molar-refractivity contribution in [2.75, 3.05) is 0 Å². The van der Waals surface area contributed by atoms with Crippen LogP contribution in [0.4, 0.5) is 0 Å². The zero-order chi connectivity index (χ0) is 16.3. The van der Waals surface area contributed by atoms with Gasteiger partial charge in [0.05, 0.1) is 13.1 Å². The Bertz CT molecular complexity index is 542. The lowest BCUT2D eigenvalue weighted by Gasteiger charge is -2.05. The van der Waals surface area contributed by atoms with Crippen LogP contribution in [0.3, 0.4) is 0 Å². The molecule has 23 heavy (non-hydrogen) atoms. The van der Waals surface area contributed by atoms with E-state index in [9.17, 15) is 0 Å². The molecule has 1 aromatic carbocycles. The fourth-order valence-corrected chi connectivity index (χ4v) is 3.16. The van der Waals surface area contributed by atoms with Crippen molar-refractivity contribution in [2.45, 2.75) is 78.3 Å². The van der Waals surface area contributed by atoms with Crippen molar-refractivity contribution in [3.8, 4) is 0 Å². The van der Waals surface area contributed by atoms with E-state index in [1.807, 2.05) is 0 Å². The van der Waals surface area contributed by atoms with Crippen LogP contribution in [0.25, 0.3) is 0 Å². The van der Waals surface area contributed by atoms with E-state index in [2.05, 4.69) is 65.7 Å². The van der Waals surface area contributed by atoms with Crippen molar-refractivity contribution in [1.29, 1.82) is 0 Å². The van der Waals surface area contributed by atoms with Crippen molar-refractivity contribution >= 4 is 0 Å². The summed E-state index contributed by atoms with van der Waals surface area (Å²) in [5, 5.41) is 0. The van der Waals surface area contributed by atoms with Gasteiger partial charge in [-0.3, -0.25) is 0 Å². The van der Waals surface area contributed by atoms with Crippen LogP contribution in [0.1, 0.15) is 63.8 Å². The quantitative estimate of drug-likeness (QED) is 0.410. The van der Waals surface area contributed by atoms with E-state index >= 15 is 0 Å². The SMILES string of the molecule is CCCCCn1cc[n+](CCCc2ccccc2)c1CCCC. The van der Waals surface area contributed by atoms with Gasteiger partial charge in [0.15, 0.2) is 0 Å². The number of hydrogen-bond acceptors (Lipinski definition) is 0. The first-order valence-corrected chi connectivity index (χ1v) is 9.46. The Morgan fingerprint density at radius 3 is 2.39 bits per heavy atom. The second kappa shape index (κ2) is 10.3. The fourth-order valence-electron chi connectivity index (χ4n) is 3.16. The molecule has 0 atom stereocenters. The van der Waals surface area contributed by atoms with E-state index in [-0.39, 0.29) is 0 Å². The Labute approximate surface area is 142 Å². The maximum Gasteiger partial charge on any atom is 0.256 e. The molecule has 2 nitrogen and oxygen atoms in total. The van der Waals surface area contributed by atoms with Crippen LogP contribution < -0.4 is 4.57 Å². The zero-order valence-corrected chi connectivity index (χ0v) is 15.0. The molecule has 0 N–H and O–H groups in total. The van der Waals surface area contributed by atoms with Gasteiger partial charge in [-0.15, -0.1) is 0 Å². The van der Waals surface area contributed by atoms with Gasteiger partial charge in [0, 0.05) is 6.42 Å². The second-order valence-corrected chi connectivity index (χ2v) is 6.50. The van der Waals surface area contributed by atoms with Crippen LogP contribution in [0, 0.1) is 0 Å². The molecular weight excluding hydrogens is 280 g/mol. The number of benzene rings is 1. The summed E-state index contributed by atoms with van der Waals surface area (Å²) in [4.78, 5) is 0. The highest BCUT2D eigenvalue weighted by Gasteiger charge is 2.15. The van der Waals surface area contributed by atoms with Crippen LogP contribution in [0.5, 0.6) is 0 Å². The Morgan fingerprint density at radius 1 is 0.870 bits per heavy atom. The molecule has 0 spiro atoms. The van der Waals surface area contributed by atoms with Crippen molar-refractivity contribution in [1.82, 2.24) is 4.57 Å². The normalized spacial score (nSPS) is 11.0. The number of nitrogens with zero attached hydrogens (tertiary/aromatic N) is 2. The molecule has 1 heterocycles. The lowest BCUT2D eigenvalue weighted by Crippen LogP contribution is -2.37. The van der Waals surface area contributed by atoms with Gasteiger partial charge in [0.25, 0.3) is 5.82 Å². The first-order valence-electron chi connectivity index (χ1n) is 9.46. The first kappa shape index (κ1) is 17.8. The Kier molecular flexibility index (Phi) is 7.92. The van der Waals surface area contributed by atoms with E-state index in [4.69, 9.17) is 0 Å².